The molecule has 1 aromatic carbocycles. The Bertz CT molecular complexity index is 1030. The van der Waals surface area contributed by atoms with Gasteiger partial charge in [-0.15, -0.1) is 22.7 Å². The maximum atomic E-state index is 5.92. The van der Waals surface area contributed by atoms with Crippen molar-refractivity contribution in [3.05, 3.63) is 62.9 Å². The van der Waals surface area contributed by atoms with Crippen molar-refractivity contribution >= 4 is 46.0 Å². The van der Waals surface area contributed by atoms with Gasteiger partial charge in [0, 0.05) is 27.7 Å². The minimum absolute atomic E-state index is 0.733. The molecule has 0 spiro atoms. The van der Waals surface area contributed by atoms with E-state index < -0.39 is 0 Å². The molecule has 3 aromatic heterocycles. The largest absolute Gasteiger partial charge is 0.239 e. The van der Waals surface area contributed by atoms with Crippen molar-refractivity contribution in [3.8, 4) is 22.1 Å². The van der Waals surface area contributed by atoms with Crippen LogP contribution in [0.5, 0.6) is 0 Å². The molecule has 0 aliphatic heterocycles. The molecule has 26 heavy (non-hydrogen) atoms. The van der Waals surface area contributed by atoms with Gasteiger partial charge in [-0.25, -0.2) is 19.9 Å². The Balaban J connectivity index is 1.50. The van der Waals surface area contributed by atoms with Crippen LogP contribution in [0.15, 0.2) is 52.4 Å². The third kappa shape index (κ3) is 4.12. The topological polar surface area (TPSA) is 51.6 Å². The average molecular weight is 417 g/mol. The van der Waals surface area contributed by atoms with E-state index in [0.717, 1.165) is 43.0 Å². The number of hydrogen-bond acceptors (Lipinski definition) is 7. The van der Waals surface area contributed by atoms with Crippen molar-refractivity contribution in [1.29, 1.82) is 0 Å². The highest BCUT2D eigenvalue weighted by Gasteiger charge is 2.11. The predicted molar refractivity (Wildman–Crippen MR) is 110 cm³/mol. The maximum Gasteiger partial charge on any atom is 0.188 e. The summed E-state index contributed by atoms with van der Waals surface area (Å²) in [4.78, 5) is 18.2. The van der Waals surface area contributed by atoms with E-state index in [2.05, 4.69) is 19.9 Å². The molecule has 0 fully saturated rings. The van der Waals surface area contributed by atoms with Gasteiger partial charge in [-0.1, -0.05) is 35.5 Å². The highest BCUT2D eigenvalue weighted by molar-refractivity contribution is 7.98. The molecule has 8 heteroatoms. The smallest absolute Gasteiger partial charge is 0.188 e. The van der Waals surface area contributed by atoms with E-state index in [0.29, 0.717) is 0 Å². The summed E-state index contributed by atoms with van der Waals surface area (Å²) in [5, 5.41) is 7.48. The van der Waals surface area contributed by atoms with Crippen molar-refractivity contribution in [2.24, 2.45) is 0 Å². The highest BCUT2D eigenvalue weighted by atomic mass is 35.5. The number of halogens is 1. The fourth-order valence-corrected chi connectivity index (χ4v) is 4.61. The quantitative estimate of drug-likeness (QED) is 0.296. The summed E-state index contributed by atoms with van der Waals surface area (Å²) in [5.74, 6) is 0.793. The maximum absolute atomic E-state index is 5.92. The molecule has 0 amide bonds. The molecule has 0 aliphatic rings. The van der Waals surface area contributed by atoms with Gasteiger partial charge in [0.1, 0.15) is 16.4 Å². The molecule has 0 radical (unpaired) electrons. The van der Waals surface area contributed by atoms with E-state index in [1.54, 1.807) is 40.6 Å². The molecule has 0 aliphatic carbocycles. The predicted octanol–water partition coefficient (Wildman–Crippen LogP) is 5.98. The molecule has 0 bridgehead atoms. The van der Waals surface area contributed by atoms with Gasteiger partial charge in [0.25, 0.3) is 0 Å². The minimum Gasteiger partial charge on any atom is -0.239 e. The molecule has 0 unspecified atom stereocenters. The van der Waals surface area contributed by atoms with E-state index >= 15 is 0 Å². The molecule has 0 atom stereocenters. The lowest BCUT2D eigenvalue weighted by molar-refractivity contribution is 0.969. The summed E-state index contributed by atoms with van der Waals surface area (Å²) in [6.45, 7) is 2.00. The van der Waals surface area contributed by atoms with Crippen molar-refractivity contribution in [2.45, 2.75) is 17.8 Å². The van der Waals surface area contributed by atoms with Crippen LogP contribution < -0.4 is 0 Å². The number of thioether (sulfide) groups is 1. The summed E-state index contributed by atoms with van der Waals surface area (Å²) in [7, 11) is 0. The second-order valence-corrected chi connectivity index (χ2v) is 8.73. The highest BCUT2D eigenvalue weighted by Crippen LogP contribution is 2.29. The molecule has 0 saturated heterocycles. The van der Waals surface area contributed by atoms with Gasteiger partial charge in [-0.2, -0.15) is 0 Å². The van der Waals surface area contributed by atoms with Crippen molar-refractivity contribution in [3.63, 3.8) is 0 Å². The van der Waals surface area contributed by atoms with Gasteiger partial charge in [0.15, 0.2) is 5.16 Å². The second kappa shape index (κ2) is 7.84. The number of aromatic nitrogens is 4. The zero-order valence-corrected chi connectivity index (χ0v) is 16.9. The van der Waals surface area contributed by atoms with Crippen LogP contribution in [-0.4, -0.2) is 19.9 Å². The third-order valence-corrected chi connectivity index (χ3v) is 6.34. The lowest BCUT2D eigenvalue weighted by Gasteiger charge is -2.02. The van der Waals surface area contributed by atoms with Crippen molar-refractivity contribution in [2.75, 3.05) is 0 Å². The van der Waals surface area contributed by atoms with Gasteiger partial charge >= 0.3 is 0 Å². The Morgan fingerprint density at radius 2 is 1.73 bits per heavy atom. The van der Waals surface area contributed by atoms with Crippen LogP contribution in [0.2, 0.25) is 5.02 Å². The van der Waals surface area contributed by atoms with Crippen molar-refractivity contribution in [1.82, 2.24) is 19.9 Å². The van der Waals surface area contributed by atoms with Crippen molar-refractivity contribution < 1.29 is 0 Å². The number of benzene rings is 1. The average Bonchev–Trinajstić information content (AvgIpc) is 3.30. The normalized spacial score (nSPS) is 11.0. The van der Waals surface area contributed by atoms with E-state index in [1.165, 1.54) is 5.56 Å². The third-order valence-electron chi connectivity index (χ3n) is 3.52. The summed E-state index contributed by atoms with van der Waals surface area (Å²) < 4.78 is 0. The number of rotatable bonds is 5. The van der Waals surface area contributed by atoms with Crippen LogP contribution >= 0.6 is 46.0 Å². The molecule has 3 heterocycles. The van der Waals surface area contributed by atoms with Gasteiger partial charge in [0.2, 0.25) is 0 Å². The van der Waals surface area contributed by atoms with E-state index in [9.17, 15) is 0 Å². The lowest BCUT2D eigenvalue weighted by Crippen LogP contribution is -1.91. The van der Waals surface area contributed by atoms with Gasteiger partial charge in [-0.05, 0) is 30.7 Å². The molecule has 0 N–H and O–H groups in total. The SMILES string of the molecule is Cc1nc(-c2nc(-c3ccnc(SCc4ccc(Cl)cc4)n3)cs2)cs1. The lowest BCUT2D eigenvalue weighted by atomic mass is 10.2. The van der Waals surface area contributed by atoms with E-state index in [1.807, 2.05) is 48.0 Å². The fraction of sp³-hybridized carbons (Fsp3) is 0.111. The van der Waals surface area contributed by atoms with Crippen LogP contribution in [0.25, 0.3) is 22.1 Å². The first-order chi connectivity index (χ1) is 12.7. The Morgan fingerprint density at radius 3 is 2.50 bits per heavy atom. The van der Waals surface area contributed by atoms with Gasteiger partial charge in [-0.3, -0.25) is 0 Å². The van der Waals surface area contributed by atoms with E-state index in [-0.39, 0.29) is 0 Å². The van der Waals surface area contributed by atoms with E-state index in [4.69, 9.17) is 11.6 Å². The summed E-state index contributed by atoms with van der Waals surface area (Å²) in [5.41, 5.74) is 3.79. The number of thiazole rings is 2. The summed E-state index contributed by atoms with van der Waals surface area (Å²) in [6.07, 6.45) is 1.78. The minimum atomic E-state index is 0.733. The van der Waals surface area contributed by atoms with Crippen LogP contribution in [0, 0.1) is 6.92 Å². The molecular weight excluding hydrogens is 404 g/mol. The Labute approximate surface area is 168 Å². The first-order valence-electron chi connectivity index (χ1n) is 7.76. The van der Waals surface area contributed by atoms with Crippen LogP contribution in [0.1, 0.15) is 10.6 Å². The Hall–Kier alpha value is -1.80. The Morgan fingerprint density at radius 1 is 0.923 bits per heavy atom. The molecule has 4 aromatic rings. The number of hydrogen-bond donors (Lipinski definition) is 0. The first kappa shape index (κ1) is 17.6. The molecule has 4 nitrogen and oxygen atoms in total. The fourth-order valence-electron chi connectivity index (χ4n) is 2.25. The molecule has 4 rings (SSSR count). The molecule has 0 saturated carbocycles. The first-order valence-corrected chi connectivity index (χ1v) is 10.9. The van der Waals surface area contributed by atoms with Gasteiger partial charge < -0.3 is 0 Å². The zero-order valence-electron chi connectivity index (χ0n) is 13.7. The monoisotopic (exact) mass is 416 g/mol. The number of aryl methyl sites for hydroxylation is 1. The van der Waals surface area contributed by atoms with Crippen LogP contribution in [0.3, 0.4) is 0 Å². The Kier molecular flexibility index (Phi) is 5.31. The number of nitrogens with zero attached hydrogens (tertiary/aromatic N) is 4. The van der Waals surface area contributed by atoms with Crippen LogP contribution in [0.4, 0.5) is 0 Å². The summed E-state index contributed by atoms with van der Waals surface area (Å²) in [6, 6.07) is 9.71. The standard InChI is InChI=1S/C18H13ClN4S3/c1-11-21-16(10-24-11)17-22-15(9-25-17)14-6-7-20-18(23-14)26-8-12-2-4-13(19)5-3-12/h2-7,9-10H,8H2,1H3. The van der Waals surface area contributed by atoms with Crippen LogP contribution in [-0.2, 0) is 5.75 Å². The van der Waals surface area contributed by atoms with Gasteiger partial charge in [0.05, 0.1) is 10.7 Å². The molecule has 130 valence electrons. The second-order valence-electron chi connectivity index (χ2n) is 5.43. The zero-order chi connectivity index (χ0) is 17.9. The summed E-state index contributed by atoms with van der Waals surface area (Å²) >= 11 is 10.7. The molecular formula is C18H13ClN4S3.